The van der Waals surface area contributed by atoms with E-state index in [2.05, 4.69) is 0 Å². The number of carbonyl (C=O) groups excluding carboxylic acids is 1. The summed E-state index contributed by atoms with van der Waals surface area (Å²) < 4.78 is 23.1. The first-order chi connectivity index (χ1) is 7.76. The highest BCUT2D eigenvalue weighted by atomic mass is 19.1. The fourth-order valence-electron chi connectivity index (χ4n) is 1.12. The molecule has 0 aliphatic heterocycles. The largest absolute Gasteiger partial charge is 0.491 e. The molecule has 0 aliphatic rings. The van der Waals surface area contributed by atoms with Gasteiger partial charge in [0.15, 0.2) is 0 Å². The molecule has 0 heterocycles. The van der Waals surface area contributed by atoms with Gasteiger partial charge in [-0.15, -0.1) is 0 Å². The van der Waals surface area contributed by atoms with E-state index in [4.69, 9.17) is 14.6 Å². The molecule has 0 fully saturated rings. The Balaban J connectivity index is 2.41. The molecule has 0 unspecified atom stereocenters. The Morgan fingerprint density at radius 3 is 2.75 bits per heavy atom. The van der Waals surface area contributed by atoms with Crippen molar-refractivity contribution in [2.45, 2.75) is 0 Å². The minimum absolute atomic E-state index is 0.0464. The van der Waals surface area contributed by atoms with Gasteiger partial charge in [-0.05, 0) is 12.1 Å². The van der Waals surface area contributed by atoms with Gasteiger partial charge >= 0.3 is 0 Å². The number of hydrogen-bond acceptors (Lipinski definition) is 4. The molecule has 0 radical (unpaired) electrons. The highest BCUT2D eigenvalue weighted by molar-refractivity contribution is 5.75. The number of aliphatic hydroxyl groups is 1. The number of halogens is 1. The van der Waals surface area contributed by atoms with Gasteiger partial charge in [0.05, 0.1) is 19.8 Å². The molecule has 0 spiro atoms. The molecule has 1 aromatic carbocycles. The van der Waals surface area contributed by atoms with Crippen LogP contribution < -0.4 is 4.74 Å². The van der Waals surface area contributed by atoms with Gasteiger partial charge in [-0.1, -0.05) is 0 Å². The zero-order valence-corrected chi connectivity index (χ0v) is 8.69. The van der Waals surface area contributed by atoms with Crippen LogP contribution in [0.15, 0.2) is 18.2 Å². The Morgan fingerprint density at radius 2 is 2.06 bits per heavy atom. The Bertz CT molecular complexity index is 341. The average molecular weight is 228 g/mol. The van der Waals surface area contributed by atoms with Gasteiger partial charge in [0.1, 0.15) is 24.5 Å². The summed E-state index contributed by atoms with van der Waals surface area (Å²) in [5.74, 6) is -0.231. The summed E-state index contributed by atoms with van der Waals surface area (Å²) in [6.07, 6.45) is 0.554. The molecular weight excluding hydrogens is 215 g/mol. The minimum Gasteiger partial charge on any atom is -0.491 e. The van der Waals surface area contributed by atoms with E-state index in [0.29, 0.717) is 12.9 Å². The molecule has 16 heavy (non-hydrogen) atoms. The van der Waals surface area contributed by atoms with Crippen molar-refractivity contribution in [2.75, 3.05) is 26.4 Å². The van der Waals surface area contributed by atoms with E-state index in [9.17, 15) is 9.18 Å². The van der Waals surface area contributed by atoms with Crippen LogP contribution in [0.2, 0.25) is 0 Å². The SMILES string of the molecule is O=Cc1cc(F)cc(OCCOCCO)c1. The highest BCUT2D eigenvalue weighted by Crippen LogP contribution is 2.15. The van der Waals surface area contributed by atoms with Crippen LogP contribution >= 0.6 is 0 Å². The summed E-state index contributed by atoms with van der Waals surface area (Å²) in [7, 11) is 0. The van der Waals surface area contributed by atoms with E-state index in [-0.39, 0.29) is 31.1 Å². The second-order valence-corrected chi connectivity index (χ2v) is 3.02. The first-order valence-electron chi connectivity index (χ1n) is 4.83. The van der Waals surface area contributed by atoms with Crippen molar-refractivity contribution in [3.63, 3.8) is 0 Å². The number of aliphatic hydroxyl groups excluding tert-OH is 1. The maximum atomic E-state index is 12.9. The third-order valence-electron chi connectivity index (χ3n) is 1.76. The fraction of sp³-hybridized carbons (Fsp3) is 0.364. The molecule has 88 valence electrons. The van der Waals surface area contributed by atoms with E-state index < -0.39 is 5.82 Å². The van der Waals surface area contributed by atoms with Crippen molar-refractivity contribution in [2.24, 2.45) is 0 Å². The third kappa shape index (κ3) is 4.37. The lowest BCUT2D eigenvalue weighted by atomic mass is 10.2. The lowest BCUT2D eigenvalue weighted by Crippen LogP contribution is -2.09. The van der Waals surface area contributed by atoms with E-state index in [0.717, 1.165) is 6.07 Å². The van der Waals surface area contributed by atoms with E-state index in [1.54, 1.807) is 0 Å². The molecule has 5 heteroatoms. The number of aldehydes is 1. The van der Waals surface area contributed by atoms with Crippen molar-refractivity contribution in [3.05, 3.63) is 29.6 Å². The third-order valence-corrected chi connectivity index (χ3v) is 1.76. The molecule has 0 amide bonds. The molecule has 0 aromatic heterocycles. The number of rotatable bonds is 7. The standard InChI is InChI=1S/C11H13FO4/c12-10-5-9(8-14)6-11(7-10)16-4-3-15-2-1-13/h5-8,13H,1-4H2. The van der Waals surface area contributed by atoms with Crippen molar-refractivity contribution < 1.29 is 23.8 Å². The lowest BCUT2D eigenvalue weighted by molar-refractivity contribution is 0.0704. The Kier molecular flexibility index (Phi) is 5.45. The van der Waals surface area contributed by atoms with E-state index in [1.165, 1.54) is 12.1 Å². The summed E-state index contributed by atoms with van der Waals surface area (Å²) in [4.78, 5) is 10.5. The van der Waals surface area contributed by atoms with Gasteiger partial charge in [0.25, 0.3) is 0 Å². The van der Waals surface area contributed by atoms with Crippen LogP contribution in [0.1, 0.15) is 10.4 Å². The summed E-state index contributed by atoms with van der Waals surface area (Å²) in [6, 6.07) is 3.77. The van der Waals surface area contributed by atoms with Crippen LogP contribution in [0.5, 0.6) is 5.75 Å². The maximum Gasteiger partial charge on any atom is 0.150 e. The Morgan fingerprint density at radius 1 is 1.25 bits per heavy atom. The topological polar surface area (TPSA) is 55.8 Å². The van der Waals surface area contributed by atoms with Crippen molar-refractivity contribution >= 4 is 6.29 Å². The monoisotopic (exact) mass is 228 g/mol. The molecule has 0 atom stereocenters. The second kappa shape index (κ2) is 6.92. The summed E-state index contributed by atoms with van der Waals surface area (Å²) >= 11 is 0. The summed E-state index contributed by atoms with van der Waals surface area (Å²) in [5.41, 5.74) is 0.228. The van der Waals surface area contributed by atoms with Crippen molar-refractivity contribution in [1.82, 2.24) is 0 Å². The smallest absolute Gasteiger partial charge is 0.150 e. The van der Waals surface area contributed by atoms with Crippen LogP contribution in [-0.2, 0) is 4.74 Å². The molecule has 4 nitrogen and oxygen atoms in total. The lowest BCUT2D eigenvalue weighted by Gasteiger charge is -2.07. The molecule has 0 bridgehead atoms. The van der Waals surface area contributed by atoms with Gasteiger partial charge in [-0.25, -0.2) is 4.39 Å². The molecular formula is C11H13FO4. The second-order valence-electron chi connectivity index (χ2n) is 3.02. The number of benzene rings is 1. The number of ether oxygens (including phenoxy) is 2. The van der Waals surface area contributed by atoms with Crippen molar-refractivity contribution in [3.8, 4) is 5.75 Å². The summed E-state index contributed by atoms with van der Waals surface area (Å²) in [6.45, 7) is 0.733. The van der Waals surface area contributed by atoms with Gasteiger partial charge in [0, 0.05) is 11.6 Å². The highest BCUT2D eigenvalue weighted by Gasteiger charge is 2.01. The van der Waals surface area contributed by atoms with Gasteiger partial charge < -0.3 is 14.6 Å². The van der Waals surface area contributed by atoms with Crippen LogP contribution in [0.3, 0.4) is 0 Å². The average Bonchev–Trinajstić information content (AvgIpc) is 2.28. The molecule has 1 rings (SSSR count). The molecule has 0 saturated heterocycles. The minimum atomic E-state index is -0.518. The van der Waals surface area contributed by atoms with Crippen LogP contribution in [0.25, 0.3) is 0 Å². The Hall–Kier alpha value is -1.46. The molecule has 1 N–H and O–H groups in total. The maximum absolute atomic E-state index is 12.9. The van der Waals surface area contributed by atoms with Crippen LogP contribution in [-0.4, -0.2) is 37.8 Å². The normalized spacial score (nSPS) is 10.1. The predicted octanol–water partition coefficient (Wildman–Crippen LogP) is 1.03. The first-order valence-corrected chi connectivity index (χ1v) is 4.83. The van der Waals surface area contributed by atoms with Gasteiger partial charge in [0.2, 0.25) is 0 Å². The van der Waals surface area contributed by atoms with Crippen LogP contribution in [0, 0.1) is 5.82 Å². The first kappa shape index (κ1) is 12.6. The summed E-state index contributed by atoms with van der Waals surface area (Å²) in [5, 5.41) is 8.43. The molecule has 0 aliphatic carbocycles. The predicted molar refractivity (Wildman–Crippen MR) is 55.2 cm³/mol. The number of carbonyl (C=O) groups is 1. The molecule has 0 saturated carbocycles. The van der Waals surface area contributed by atoms with Gasteiger partial charge in [-0.3, -0.25) is 4.79 Å². The zero-order valence-electron chi connectivity index (χ0n) is 8.69. The fourth-order valence-corrected chi connectivity index (χ4v) is 1.12. The van der Waals surface area contributed by atoms with Gasteiger partial charge in [-0.2, -0.15) is 0 Å². The number of hydrogen-bond donors (Lipinski definition) is 1. The Labute approximate surface area is 92.6 Å². The quantitative estimate of drug-likeness (QED) is 0.559. The van der Waals surface area contributed by atoms with Crippen molar-refractivity contribution in [1.29, 1.82) is 0 Å². The van der Waals surface area contributed by atoms with E-state index in [1.807, 2.05) is 0 Å². The molecule has 1 aromatic rings. The van der Waals surface area contributed by atoms with E-state index >= 15 is 0 Å². The zero-order chi connectivity index (χ0) is 11.8. The van der Waals surface area contributed by atoms with Crippen LogP contribution in [0.4, 0.5) is 4.39 Å².